The number of pyridine rings is 1. The molecule has 182 valence electrons. The van der Waals surface area contributed by atoms with Crippen LogP contribution >= 0.6 is 34.8 Å². The minimum atomic E-state index is -3.11. The Hall–Kier alpha value is -3.14. The van der Waals surface area contributed by atoms with Crippen molar-refractivity contribution in [2.75, 3.05) is 16.5 Å². The molecule has 7 nitrogen and oxygen atoms in total. The predicted octanol–water partition coefficient (Wildman–Crippen LogP) is 7.10. The molecule has 2 aromatic heterocycles. The van der Waals surface area contributed by atoms with Crippen LogP contribution in [0.3, 0.4) is 0 Å². The zero-order valence-electron chi connectivity index (χ0n) is 17.7. The zero-order valence-corrected chi connectivity index (χ0v) is 20.0. The molecule has 12 heteroatoms. The Morgan fingerprint density at radius 2 is 1.91 bits per heavy atom. The summed E-state index contributed by atoms with van der Waals surface area (Å²) in [5.74, 6) is -0.729. The molecule has 0 unspecified atom stereocenters. The van der Waals surface area contributed by atoms with Gasteiger partial charge in [-0.25, -0.2) is 4.98 Å². The van der Waals surface area contributed by atoms with Gasteiger partial charge in [0.15, 0.2) is 17.2 Å². The summed E-state index contributed by atoms with van der Waals surface area (Å²) < 4.78 is 36.4. The first-order valence-electron chi connectivity index (χ1n) is 10.2. The van der Waals surface area contributed by atoms with Crippen LogP contribution in [0.25, 0.3) is 21.9 Å². The van der Waals surface area contributed by atoms with Crippen LogP contribution in [0.4, 0.5) is 20.3 Å². The first kappa shape index (κ1) is 25.0. The summed E-state index contributed by atoms with van der Waals surface area (Å²) in [6.07, 6.45) is 2.04. The van der Waals surface area contributed by atoms with Crippen LogP contribution in [0.2, 0.25) is 10.0 Å². The fourth-order valence-corrected chi connectivity index (χ4v) is 4.01. The molecule has 2 heterocycles. The first-order chi connectivity index (χ1) is 16.8. The van der Waals surface area contributed by atoms with Gasteiger partial charge in [-0.1, -0.05) is 23.2 Å². The molecule has 2 aromatic carbocycles. The molecule has 0 radical (unpaired) electrons. The molecule has 35 heavy (non-hydrogen) atoms. The average Bonchev–Trinajstić information content (AvgIpc) is 3.19. The van der Waals surface area contributed by atoms with Crippen molar-refractivity contribution in [1.29, 1.82) is 0 Å². The van der Waals surface area contributed by atoms with E-state index in [9.17, 15) is 18.4 Å². The molecule has 2 N–H and O–H groups in total. The van der Waals surface area contributed by atoms with E-state index in [2.05, 4.69) is 20.4 Å². The summed E-state index contributed by atoms with van der Waals surface area (Å²) >= 11 is 17.6. The summed E-state index contributed by atoms with van der Waals surface area (Å²) in [6, 6.07) is 8.66. The lowest BCUT2D eigenvalue weighted by Gasteiger charge is -2.10. The Balaban J connectivity index is 1.81. The van der Waals surface area contributed by atoms with Gasteiger partial charge >= 0.3 is 6.61 Å². The molecule has 0 fully saturated rings. The van der Waals surface area contributed by atoms with Crippen molar-refractivity contribution in [3.05, 3.63) is 58.2 Å². The van der Waals surface area contributed by atoms with E-state index in [1.54, 1.807) is 18.2 Å². The molecule has 0 aliphatic carbocycles. The van der Waals surface area contributed by atoms with Gasteiger partial charge in [0.1, 0.15) is 5.58 Å². The number of halogens is 5. The maximum atomic E-state index is 13.2. The fraction of sp³-hybridized carbons (Fsp3) is 0.174. The van der Waals surface area contributed by atoms with E-state index in [0.717, 1.165) is 0 Å². The molecular formula is C23H16Cl3F2N3O4. The second kappa shape index (κ2) is 10.6. The number of fused-ring (bicyclic) bond motifs is 3. The number of anilines is 2. The third kappa shape index (κ3) is 5.58. The number of ether oxygens (including phenoxy) is 1. The van der Waals surface area contributed by atoms with Gasteiger partial charge in [-0.05, 0) is 42.8 Å². The van der Waals surface area contributed by atoms with Gasteiger partial charge in [-0.3, -0.25) is 9.59 Å². The number of carbonyl (C=O) groups excluding carboxylic acids is 2. The SMILES string of the molecule is O=C(CCCCl)Nc1ccc2oc3c(OC(F)F)ccc(C(=O)Nc4ncc(Cl)cc4Cl)c3c2c1. The Bertz CT molecular complexity index is 1430. The Labute approximate surface area is 212 Å². The number of rotatable bonds is 8. The average molecular weight is 543 g/mol. The molecule has 0 spiro atoms. The lowest BCUT2D eigenvalue weighted by molar-refractivity contribution is -0.116. The minimum Gasteiger partial charge on any atom is -0.452 e. The highest BCUT2D eigenvalue weighted by atomic mass is 35.5. The lowest BCUT2D eigenvalue weighted by Crippen LogP contribution is -2.14. The van der Waals surface area contributed by atoms with Crippen LogP contribution in [0.1, 0.15) is 23.2 Å². The normalized spacial score (nSPS) is 11.3. The molecule has 4 aromatic rings. The summed E-state index contributed by atoms with van der Waals surface area (Å²) in [6.45, 7) is -3.11. The molecule has 0 saturated heterocycles. The van der Waals surface area contributed by atoms with Gasteiger partial charge in [-0.15, -0.1) is 11.6 Å². The van der Waals surface area contributed by atoms with E-state index in [4.69, 9.17) is 39.2 Å². The Morgan fingerprint density at radius 3 is 2.63 bits per heavy atom. The standard InChI is InChI=1S/C23H16Cl3F2N3O4/c24-7-1-2-18(32)30-12-3-5-16-14(9-12)19-13(4-6-17(20(19)34-16)35-23(27)28)22(33)31-21-15(26)8-11(25)10-29-21/h3-6,8-10,23H,1-2,7H2,(H,30,32)(H,29,31,33). The van der Waals surface area contributed by atoms with Gasteiger partial charge in [0.25, 0.3) is 5.91 Å². The van der Waals surface area contributed by atoms with Crippen LogP contribution < -0.4 is 15.4 Å². The van der Waals surface area contributed by atoms with Crippen molar-refractivity contribution in [2.45, 2.75) is 19.5 Å². The molecule has 0 bridgehead atoms. The number of aromatic nitrogens is 1. The number of furan rings is 1. The molecule has 4 rings (SSSR count). The number of benzene rings is 2. The highest BCUT2D eigenvalue weighted by Crippen LogP contribution is 2.39. The van der Waals surface area contributed by atoms with Crippen molar-refractivity contribution in [1.82, 2.24) is 4.98 Å². The zero-order chi connectivity index (χ0) is 25.1. The number of alkyl halides is 3. The number of nitrogens with zero attached hydrogens (tertiary/aromatic N) is 1. The summed E-state index contributed by atoms with van der Waals surface area (Å²) in [5.41, 5.74) is 0.738. The summed E-state index contributed by atoms with van der Waals surface area (Å²) in [5, 5.41) is 6.31. The third-order valence-electron chi connectivity index (χ3n) is 4.90. The van der Waals surface area contributed by atoms with Crippen LogP contribution in [0, 0.1) is 0 Å². The van der Waals surface area contributed by atoms with Gasteiger partial charge in [0, 0.05) is 35.0 Å². The van der Waals surface area contributed by atoms with E-state index in [1.807, 2.05) is 0 Å². The fourth-order valence-electron chi connectivity index (χ4n) is 3.44. The van der Waals surface area contributed by atoms with Gasteiger partial charge < -0.3 is 19.8 Å². The highest BCUT2D eigenvalue weighted by molar-refractivity contribution is 6.36. The molecule has 0 aliphatic heterocycles. The minimum absolute atomic E-state index is 0.0576. The van der Waals surface area contributed by atoms with Crippen LogP contribution in [0.15, 0.2) is 47.0 Å². The predicted molar refractivity (Wildman–Crippen MR) is 131 cm³/mol. The van der Waals surface area contributed by atoms with Crippen LogP contribution in [-0.2, 0) is 4.79 Å². The number of hydrogen-bond acceptors (Lipinski definition) is 5. The number of nitrogens with one attached hydrogen (secondary N) is 2. The molecule has 2 amide bonds. The van der Waals surface area contributed by atoms with E-state index >= 15 is 0 Å². The number of hydrogen-bond donors (Lipinski definition) is 2. The van der Waals surface area contributed by atoms with E-state index in [1.165, 1.54) is 24.4 Å². The maximum absolute atomic E-state index is 13.2. The Morgan fingerprint density at radius 1 is 1.11 bits per heavy atom. The molecule has 0 atom stereocenters. The van der Waals surface area contributed by atoms with E-state index in [-0.39, 0.29) is 50.5 Å². The third-order valence-corrected chi connectivity index (χ3v) is 5.67. The van der Waals surface area contributed by atoms with Crippen LogP contribution in [-0.4, -0.2) is 29.3 Å². The number of carbonyl (C=O) groups is 2. The summed E-state index contributed by atoms with van der Waals surface area (Å²) in [4.78, 5) is 29.3. The maximum Gasteiger partial charge on any atom is 0.387 e. The molecule has 0 aliphatic rings. The van der Waals surface area contributed by atoms with E-state index in [0.29, 0.717) is 29.0 Å². The largest absolute Gasteiger partial charge is 0.452 e. The molecular weight excluding hydrogens is 527 g/mol. The second-order valence-electron chi connectivity index (χ2n) is 7.29. The van der Waals surface area contributed by atoms with Crippen molar-refractivity contribution in [3.8, 4) is 5.75 Å². The smallest absolute Gasteiger partial charge is 0.387 e. The Kier molecular flexibility index (Phi) is 7.59. The molecule has 0 saturated carbocycles. The van der Waals surface area contributed by atoms with Gasteiger partial charge in [-0.2, -0.15) is 8.78 Å². The van der Waals surface area contributed by atoms with Crippen LogP contribution in [0.5, 0.6) is 5.75 Å². The highest BCUT2D eigenvalue weighted by Gasteiger charge is 2.23. The van der Waals surface area contributed by atoms with Gasteiger partial charge in [0.2, 0.25) is 5.91 Å². The van der Waals surface area contributed by atoms with E-state index < -0.39 is 12.5 Å². The lowest BCUT2D eigenvalue weighted by atomic mass is 10.0. The topological polar surface area (TPSA) is 93.5 Å². The first-order valence-corrected chi connectivity index (χ1v) is 11.5. The quantitative estimate of drug-likeness (QED) is 0.232. The number of amides is 2. The van der Waals surface area contributed by atoms with Gasteiger partial charge in [0.05, 0.1) is 15.6 Å². The van der Waals surface area contributed by atoms with Crippen molar-refractivity contribution >= 4 is 80.1 Å². The monoisotopic (exact) mass is 541 g/mol. The summed E-state index contributed by atoms with van der Waals surface area (Å²) in [7, 11) is 0. The van der Waals surface area contributed by atoms with Crippen molar-refractivity contribution in [2.24, 2.45) is 0 Å². The van der Waals surface area contributed by atoms with Crippen molar-refractivity contribution < 1.29 is 27.5 Å². The van der Waals surface area contributed by atoms with Crippen molar-refractivity contribution in [3.63, 3.8) is 0 Å². The second-order valence-corrected chi connectivity index (χ2v) is 8.51.